The number of ether oxygens (including phenoxy) is 3. The number of aryl methyl sites for hydroxylation is 1. The molecule has 1 atom stereocenters. The lowest BCUT2D eigenvalue weighted by molar-refractivity contribution is 0.354. The minimum absolute atomic E-state index is 0.0824. The molecule has 0 unspecified atom stereocenters. The third kappa shape index (κ3) is 4.08. The molecular weight excluding hydrogens is 564 g/mol. The molecule has 192 valence electrons. The summed E-state index contributed by atoms with van der Waals surface area (Å²) in [4.78, 5) is 19.8. The molecule has 6 rings (SSSR count). The quantitative estimate of drug-likeness (QED) is 0.325. The maximum absolute atomic E-state index is 14.0. The SMILES string of the molecule is COc1ccc(Br)cc1/C=c1/sc2n(c1=O)[C@@H](c1ccc(OC)c(OC)c1)C1=C(N=2)c2ccccc2CC1. The normalized spacial score (nSPS) is 16.3. The Morgan fingerprint density at radius 2 is 1.71 bits per heavy atom. The highest BCUT2D eigenvalue weighted by atomic mass is 79.9. The Labute approximate surface area is 232 Å². The summed E-state index contributed by atoms with van der Waals surface area (Å²) in [5.74, 6) is 1.97. The standard InChI is InChI=1S/C30H25BrN2O4S/c1-35-23-13-10-20(31)14-19(23)16-26-29(34)33-28(18-9-12-24(36-2)25(15-18)37-3)22-11-8-17-6-4-5-7-21(17)27(22)32-30(33)38-26/h4-7,9-10,12-16,28H,8,11H2,1-3H3/b26-16+/t28-/m0/s1. The van der Waals surface area contributed by atoms with E-state index in [1.165, 1.54) is 16.9 Å². The fourth-order valence-electron chi connectivity index (χ4n) is 5.30. The lowest BCUT2D eigenvalue weighted by Gasteiger charge is -2.31. The molecule has 0 radical (unpaired) electrons. The predicted molar refractivity (Wildman–Crippen MR) is 153 cm³/mol. The third-order valence-electron chi connectivity index (χ3n) is 7.07. The molecule has 0 bridgehead atoms. The third-order valence-corrected chi connectivity index (χ3v) is 8.55. The molecular formula is C30H25BrN2O4S. The number of rotatable bonds is 5. The van der Waals surface area contributed by atoms with Crippen LogP contribution >= 0.6 is 27.3 Å². The van der Waals surface area contributed by atoms with Crippen LogP contribution in [0.5, 0.6) is 17.2 Å². The first kappa shape index (κ1) is 24.7. The van der Waals surface area contributed by atoms with E-state index in [1.54, 1.807) is 21.3 Å². The minimum atomic E-state index is -0.305. The lowest BCUT2D eigenvalue weighted by atomic mass is 9.83. The maximum Gasteiger partial charge on any atom is 0.271 e. The number of thiazole rings is 1. The van der Waals surface area contributed by atoms with Crippen LogP contribution < -0.4 is 29.1 Å². The topological polar surface area (TPSA) is 62.0 Å². The number of fused-ring (bicyclic) bond motifs is 3. The van der Waals surface area contributed by atoms with Gasteiger partial charge in [-0.15, -0.1) is 0 Å². The van der Waals surface area contributed by atoms with E-state index in [0.717, 1.165) is 45.3 Å². The van der Waals surface area contributed by atoms with Crippen LogP contribution in [0.1, 0.15) is 34.7 Å². The summed E-state index contributed by atoms with van der Waals surface area (Å²) in [7, 11) is 4.88. The highest BCUT2D eigenvalue weighted by Gasteiger charge is 2.33. The highest BCUT2D eigenvalue weighted by Crippen LogP contribution is 2.42. The second-order valence-corrected chi connectivity index (χ2v) is 11.0. The number of methoxy groups -OCH3 is 3. The number of hydrogen-bond donors (Lipinski definition) is 0. The second-order valence-electron chi connectivity index (χ2n) is 9.11. The van der Waals surface area contributed by atoms with Crippen LogP contribution in [0.25, 0.3) is 11.8 Å². The zero-order valence-corrected chi connectivity index (χ0v) is 23.6. The van der Waals surface area contributed by atoms with E-state index in [2.05, 4.69) is 34.1 Å². The van der Waals surface area contributed by atoms with Crippen molar-refractivity contribution in [1.82, 2.24) is 4.57 Å². The molecule has 38 heavy (non-hydrogen) atoms. The summed E-state index contributed by atoms with van der Waals surface area (Å²) in [6.45, 7) is 0. The van der Waals surface area contributed by atoms with Crippen molar-refractivity contribution in [3.8, 4) is 17.2 Å². The van der Waals surface area contributed by atoms with Gasteiger partial charge in [-0.3, -0.25) is 9.36 Å². The van der Waals surface area contributed by atoms with Gasteiger partial charge in [0.15, 0.2) is 16.3 Å². The first-order valence-corrected chi connectivity index (χ1v) is 13.8. The van der Waals surface area contributed by atoms with E-state index < -0.39 is 0 Å². The fraction of sp³-hybridized carbons (Fsp3) is 0.200. The largest absolute Gasteiger partial charge is 0.496 e. The molecule has 0 fully saturated rings. The lowest BCUT2D eigenvalue weighted by Crippen LogP contribution is -2.38. The molecule has 2 aliphatic rings. The van der Waals surface area contributed by atoms with Crippen molar-refractivity contribution >= 4 is 39.0 Å². The molecule has 6 nitrogen and oxygen atoms in total. The highest BCUT2D eigenvalue weighted by molar-refractivity contribution is 9.10. The monoisotopic (exact) mass is 588 g/mol. The van der Waals surface area contributed by atoms with Crippen molar-refractivity contribution in [1.29, 1.82) is 0 Å². The van der Waals surface area contributed by atoms with Gasteiger partial charge in [0.25, 0.3) is 5.56 Å². The zero-order valence-electron chi connectivity index (χ0n) is 21.2. The number of allylic oxidation sites excluding steroid dienone is 1. The number of aromatic nitrogens is 1. The number of benzene rings is 3. The first-order chi connectivity index (χ1) is 18.5. The van der Waals surface area contributed by atoms with Crippen molar-refractivity contribution in [3.63, 3.8) is 0 Å². The van der Waals surface area contributed by atoms with Crippen LogP contribution in [0.2, 0.25) is 0 Å². The summed E-state index contributed by atoms with van der Waals surface area (Å²) in [5.41, 5.74) is 6.20. The minimum Gasteiger partial charge on any atom is -0.496 e. The van der Waals surface area contributed by atoms with Gasteiger partial charge >= 0.3 is 0 Å². The van der Waals surface area contributed by atoms with E-state index in [-0.39, 0.29) is 11.6 Å². The van der Waals surface area contributed by atoms with Gasteiger partial charge in [0.2, 0.25) is 0 Å². The number of hydrogen-bond acceptors (Lipinski definition) is 6. The Morgan fingerprint density at radius 1 is 0.947 bits per heavy atom. The number of nitrogens with zero attached hydrogens (tertiary/aromatic N) is 2. The van der Waals surface area contributed by atoms with Gasteiger partial charge in [-0.2, -0.15) is 0 Å². The van der Waals surface area contributed by atoms with Gasteiger partial charge in [-0.25, -0.2) is 4.99 Å². The first-order valence-electron chi connectivity index (χ1n) is 12.2. The van der Waals surface area contributed by atoms with E-state index in [0.29, 0.717) is 26.6 Å². The van der Waals surface area contributed by atoms with Gasteiger partial charge in [0, 0.05) is 15.6 Å². The van der Waals surface area contributed by atoms with Gasteiger partial charge in [0.05, 0.1) is 37.6 Å². The van der Waals surface area contributed by atoms with Crippen LogP contribution in [0.4, 0.5) is 0 Å². The molecule has 8 heteroatoms. The molecule has 0 spiro atoms. The molecule has 0 saturated heterocycles. The molecule has 0 N–H and O–H groups in total. The van der Waals surface area contributed by atoms with E-state index in [9.17, 15) is 4.79 Å². The zero-order chi connectivity index (χ0) is 26.4. The Balaban J connectivity index is 1.63. The predicted octanol–water partition coefficient (Wildman–Crippen LogP) is 5.11. The molecule has 1 aromatic heterocycles. The molecule has 0 amide bonds. The van der Waals surface area contributed by atoms with Gasteiger partial charge < -0.3 is 14.2 Å². The Bertz CT molecular complexity index is 1790. The smallest absolute Gasteiger partial charge is 0.271 e. The molecule has 3 aromatic carbocycles. The van der Waals surface area contributed by atoms with Gasteiger partial charge in [-0.1, -0.05) is 57.6 Å². The fourth-order valence-corrected chi connectivity index (χ4v) is 6.68. The van der Waals surface area contributed by atoms with Crippen molar-refractivity contribution in [2.75, 3.05) is 21.3 Å². The molecule has 2 heterocycles. The maximum atomic E-state index is 14.0. The van der Waals surface area contributed by atoms with Crippen LogP contribution in [0.3, 0.4) is 0 Å². The van der Waals surface area contributed by atoms with Crippen LogP contribution in [0, 0.1) is 0 Å². The molecule has 1 aliphatic heterocycles. The summed E-state index contributed by atoms with van der Waals surface area (Å²) in [6, 6.07) is 19.7. The Kier molecular flexibility index (Phi) is 6.45. The second kappa shape index (κ2) is 9.93. The average Bonchev–Trinajstić information content (AvgIpc) is 3.25. The Morgan fingerprint density at radius 3 is 2.50 bits per heavy atom. The average molecular weight is 590 g/mol. The van der Waals surface area contributed by atoms with Crippen LogP contribution in [0.15, 0.2) is 80.5 Å². The summed E-state index contributed by atoms with van der Waals surface area (Å²) >= 11 is 4.93. The van der Waals surface area contributed by atoms with Crippen molar-refractivity contribution < 1.29 is 14.2 Å². The van der Waals surface area contributed by atoms with E-state index in [4.69, 9.17) is 19.2 Å². The van der Waals surface area contributed by atoms with Crippen molar-refractivity contribution in [3.05, 3.63) is 113 Å². The number of halogens is 1. The van der Waals surface area contributed by atoms with E-state index in [1.807, 2.05) is 53.1 Å². The molecule has 4 aromatic rings. The molecule has 0 saturated carbocycles. The van der Waals surface area contributed by atoms with Gasteiger partial charge in [-0.05, 0) is 65.9 Å². The summed E-state index contributed by atoms with van der Waals surface area (Å²) in [5, 5.41) is 0. The van der Waals surface area contributed by atoms with Crippen LogP contribution in [-0.2, 0) is 6.42 Å². The van der Waals surface area contributed by atoms with Crippen molar-refractivity contribution in [2.24, 2.45) is 4.99 Å². The van der Waals surface area contributed by atoms with E-state index >= 15 is 0 Å². The summed E-state index contributed by atoms with van der Waals surface area (Å²) < 4.78 is 20.0. The van der Waals surface area contributed by atoms with Crippen LogP contribution in [-0.4, -0.2) is 25.9 Å². The molecule has 1 aliphatic carbocycles. The Hall–Kier alpha value is -3.62. The van der Waals surface area contributed by atoms with Gasteiger partial charge in [0.1, 0.15) is 5.75 Å². The van der Waals surface area contributed by atoms with Crippen molar-refractivity contribution in [2.45, 2.75) is 18.9 Å². The summed E-state index contributed by atoms with van der Waals surface area (Å²) in [6.07, 6.45) is 3.60.